The molecule has 1 N–H and O–H groups in total. The Kier molecular flexibility index (Phi) is 5.99. The molecule has 1 aliphatic carbocycles. The molecule has 3 heteroatoms. The summed E-state index contributed by atoms with van der Waals surface area (Å²) in [5, 5.41) is 3.69. The second-order valence-electron chi connectivity index (χ2n) is 5.89. The summed E-state index contributed by atoms with van der Waals surface area (Å²) >= 11 is 0. The van der Waals surface area contributed by atoms with Gasteiger partial charge in [0, 0.05) is 25.0 Å². The fourth-order valence-corrected chi connectivity index (χ4v) is 3.05. The summed E-state index contributed by atoms with van der Waals surface area (Å²) in [6.45, 7) is 8.39. The van der Waals surface area contributed by atoms with Crippen LogP contribution in [0.5, 0.6) is 0 Å². The van der Waals surface area contributed by atoms with Crippen LogP contribution in [0.4, 0.5) is 0 Å². The minimum absolute atomic E-state index is 0.441. The first kappa shape index (κ1) is 15.5. The topological polar surface area (TPSA) is 34.1 Å². The summed E-state index contributed by atoms with van der Waals surface area (Å²) in [6, 6.07) is 2.55. The number of rotatable bonds is 8. The minimum Gasteiger partial charge on any atom is -0.378 e. The Balaban J connectivity index is 1.93. The van der Waals surface area contributed by atoms with Gasteiger partial charge < -0.3 is 10.1 Å². The van der Waals surface area contributed by atoms with Crippen molar-refractivity contribution in [1.82, 2.24) is 10.3 Å². The van der Waals surface area contributed by atoms with Crippen molar-refractivity contribution >= 4 is 0 Å². The molecule has 1 heterocycles. The van der Waals surface area contributed by atoms with Gasteiger partial charge in [-0.1, -0.05) is 6.92 Å². The number of hydrogen-bond donors (Lipinski definition) is 1. The highest BCUT2D eigenvalue weighted by molar-refractivity contribution is 5.25. The second-order valence-corrected chi connectivity index (χ2v) is 5.89. The fourth-order valence-electron chi connectivity index (χ4n) is 3.05. The molecule has 1 aliphatic rings. The van der Waals surface area contributed by atoms with Crippen molar-refractivity contribution in [3.8, 4) is 0 Å². The number of aromatic nitrogens is 1. The number of hydrogen-bond acceptors (Lipinski definition) is 3. The maximum absolute atomic E-state index is 5.67. The summed E-state index contributed by atoms with van der Waals surface area (Å²) in [5.41, 5.74) is 2.70. The summed E-state index contributed by atoms with van der Waals surface area (Å²) in [4.78, 5) is 4.31. The van der Waals surface area contributed by atoms with E-state index in [2.05, 4.69) is 37.1 Å². The Labute approximate surface area is 123 Å². The van der Waals surface area contributed by atoms with Crippen molar-refractivity contribution in [3.05, 3.63) is 29.6 Å². The molecule has 2 rings (SSSR count). The van der Waals surface area contributed by atoms with Crippen molar-refractivity contribution in [3.63, 3.8) is 0 Å². The SMILES string of the molecule is CCCNC(CC1CC(OCC)C1)c1cnccc1C. The van der Waals surface area contributed by atoms with Crippen LogP contribution < -0.4 is 5.32 Å². The van der Waals surface area contributed by atoms with Gasteiger partial charge in [-0.15, -0.1) is 0 Å². The normalized spacial score (nSPS) is 23.4. The van der Waals surface area contributed by atoms with Gasteiger partial charge in [-0.05, 0) is 69.2 Å². The zero-order valence-electron chi connectivity index (χ0n) is 13.1. The molecule has 1 atom stereocenters. The van der Waals surface area contributed by atoms with Crippen molar-refractivity contribution in [2.24, 2.45) is 5.92 Å². The second kappa shape index (κ2) is 7.75. The van der Waals surface area contributed by atoms with Crippen molar-refractivity contribution in [2.75, 3.05) is 13.2 Å². The monoisotopic (exact) mass is 276 g/mol. The number of ether oxygens (including phenoxy) is 1. The quantitative estimate of drug-likeness (QED) is 0.787. The van der Waals surface area contributed by atoms with Crippen LogP contribution in [-0.2, 0) is 4.74 Å². The van der Waals surface area contributed by atoms with Crippen molar-refractivity contribution in [2.45, 2.75) is 58.6 Å². The molecule has 1 aromatic rings. The van der Waals surface area contributed by atoms with Crippen molar-refractivity contribution in [1.29, 1.82) is 0 Å². The number of nitrogens with zero attached hydrogens (tertiary/aromatic N) is 1. The molecule has 20 heavy (non-hydrogen) atoms. The highest BCUT2D eigenvalue weighted by atomic mass is 16.5. The molecule has 0 bridgehead atoms. The van der Waals surface area contributed by atoms with Crippen LogP contribution in [0.2, 0.25) is 0 Å². The average Bonchev–Trinajstić information content (AvgIpc) is 2.41. The molecule has 0 saturated heterocycles. The van der Waals surface area contributed by atoms with E-state index in [0.717, 1.165) is 19.1 Å². The van der Waals surface area contributed by atoms with Gasteiger partial charge in [-0.3, -0.25) is 4.98 Å². The molecule has 0 radical (unpaired) electrons. The molecule has 3 nitrogen and oxygen atoms in total. The summed E-state index contributed by atoms with van der Waals surface area (Å²) in [6.07, 6.45) is 9.23. The first-order valence-electron chi connectivity index (χ1n) is 8.00. The number of aryl methyl sites for hydroxylation is 1. The third-order valence-electron chi connectivity index (χ3n) is 4.26. The van der Waals surface area contributed by atoms with Crippen LogP contribution in [-0.4, -0.2) is 24.2 Å². The van der Waals surface area contributed by atoms with Crippen LogP contribution in [0.1, 0.15) is 56.7 Å². The van der Waals surface area contributed by atoms with Gasteiger partial charge in [0.05, 0.1) is 6.10 Å². The molecular formula is C17H28N2O. The molecule has 0 amide bonds. The number of nitrogens with one attached hydrogen (secondary N) is 1. The molecule has 1 saturated carbocycles. The van der Waals surface area contributed by atoms with Crippen LogP contribution in [0, 0.1) is 12.8 Å². The molecule has 112 valence electrons. The molecule has 1 unspecified atom stereocenters. The molecule has 0 aromatic carbocycles. The average molecular weight is 276 g/mol. The Morgan fingerprint density at radius 1 is 1.40 bits per heavy atom. The van der Waals surface area contributed by atoms with Crippen LogP contribution in [0.25, 0.3) is 0 Å². The summed E-state index contributed by atoms with van der Waals surface area (Å²) in [5.74, 6) is 0.792. The predicted octanol–water partition coefficient (Wildman–Crippen LogP) is 3.64. The van der Waals surface area contributed by atoms with E-state index in [1.54, 1.807) is 0 Å². The van der Waals surface area contributed by atoms with Gasteiger partial charge in [-0.2, -0.15) is 0 Å². The van der Waals surface area contributed by atoms with Gasteiger partial charge in [0.25, 0.3) is 0 Å². The lowest BCUT2D eigenvalue weighted by atomic mass is 9.77. The maximum Gasteiger partial charge on any atom is 0.0580 e. The van der Waals surface area contributed by atoms with Gasteiger partial charge >= 0.3 is 0 Å². The van der Waals surface area contributed by atoms with E-state index in [4.69, 9.17) is 4.74 Å². The van der Waals surface area contributed by atoms with E-state index in [1.807, 2.05) is 12.4 Å². The highest BCUT2D eigenvalue weighted by Gasteiger charge is 2.31. The zero-order chi connectivity index (χ0) is 14.4. The Bertz CT molecular complexity index is 402. The van der Waals surface area contributed by atoms with Crippen LogP contribution >= 0.6 is 0 Å². The van der Waals surface area contributed by atoms with Crippen LogP contribution in [0.15, 0.2) is 18.5 Å². The number of pyridine rings is 1. The molecular weight excluding hydrogens is 248 g/mol. The summed E-state index contributed by atoms with van der Waals surface area (Å²) < 4.78 is 5.67. The first-order valence-corrected chi connectivity index (χ1v) is 8.00. The fraction of sp³-hybridized carbons (Fsp3) is 0.706. The Morgan fingerprint density at radius 2 is 2.20 bits per heavy atom. The van der Waals surface area contributed by atoms with E-state index in [1.165, 1.54) is 36.8 Å². The minimum atomic E-state index is 0.441. The molecule has 1 aromatic heterocycles. The first-order chi connectivity index (χ1) is 9.74. The lowest BCUT2D eigenvalue weighted by Gasteiger charge is -2.37. The maximum atomic E-state index is 5.67. The highest BCUT2D eigenvalue weighted by Crippen LogP contribution is 2.37. The van der Waals surface area contributed by atoms with Gasteiger partial charge in [0.15, 0.2) is 0 Å². The summed E-state index contributed by atoms with van der Waals surface area (Å²) in [7, 11) is 0. The largest absolute Gasteiger partial charge is 0.378 e. The van der Waals surface area contributed by atoms with E-state index in [-0.39, 0.29) is 0 Å². The van der Waals surface area contributed by atoms with E-state index < -0.39 is 0 Å². The van der Waals surface area contributed by atoms with E-state index in [0.29, 0.717) is 12.1 Å². The lowest BCUT2D eigenvalue weighted by Crippen LogP contribution is -2.35. The zero-order valence-corrected chi connectivity index (χ0v) is 13.1. The third kappa shape index (κ3) is 4.03. The van der Waals surface area contributed by atoms with E-state index >= 15 is 0 Å². The predicted molar refractivity (Wildman–Crippen MR) is 82.8 cm³/mol. The standard InChI is InChI=1S/C17H28N2O/c1-4-7-19-17(16-12-18-8-6-13(16)3)11-14-9-15(10-14)20-5-2/h6,8,12,14-15,17,19H,4-5,7,9-11H2,1-3H3. The van der Waals surface area contributed by atoms with Crippen LogP contribution in [0.3, 0.4) is 0 Å². The molecule has 1 fully saturated rings. The van der Waals surface area contributed by atoms with Gasteiger partial charge in [0.2, 0.25) is 0 Å². The Hall–Kier alpha value is -0.930. The van der Waals surface area contributed by atoms with E-state index in [9.17, 15) is 0 Å². The smallest absolute Gasteiger partial charge is 0.0580 e. The third-order valence-corrected chi connectivity index (χ3v) is 4.26. The van der Waals surface area contributed by atoms with Gasteiger partial charge in [0.1, 0.15) is 0 Å². The molecule has 0 spiro atoms. The molecule has 0 aliphatic heterocycles. The van der Waals surface area contributed by atoms with Crippen molar-refractivity contribution < 1.29 is 4.74 Å². The lowest BCUT2D eigenvalue weighted by molar-refractivity contribution is -0.0291. The van der Waals surface area contributed by atoms with Gasteiger partial charge in [-0.25, -0.2) is 0 Å². The Morgan fingerprint density at radius 3 is 2.85 bits per heavy atom.